The van der Waals surface area contributed by atoms with E-state index in [9.17, 15) is 0 Å². The summed E-state index contributed by atoms with van der Waals surface area (Å²) >= 11 is 6.10. The van der Waals surface area contributed by atoms with Crippen LogP contribution in [0.25, 0.3) is 10.9 Å². The number of anilines is 1. The standard InChI is InChI=1S/C19H18ClN3O3/c1-24-7-6-23(10-13-2-5-17-18(8-13)26-12-25-17)19-15-4-3-14(20)9-16(15)21-11-22-19/h2-5,8-9,11H,6-7,10,12H2,1H3. The van der Waals surface area contributed by atoms with Gasteiger partial charge in [-0.15, -0.1) is 0 Å². The quantitative estimate of drug-likeness (QED) is 0.659. The fourth-order valence-corrected chi connectivity index (χ4v) is 3.16. The van der Waals surface area contributed by atoms with E-state index in [1.807, 2.05) is 36.4 Å². The minimum absolute atomic E-state index is 0.267. The minimum Gasteiger partial charge on any atom is -0.454 e. The second kappa shape index (κ2) is 7.35. The van der Waals surface area contributed by atoms with Crippen molar-refractivity contribution in [1.29, 1.82) is 0 Å². The molecule has 0 fully saturated rings. The highest BCUT2D eigenvalue weighted by Crippen LogP contribution is 2.33. The van der Waals surface area contributed by atoms with Gasteiger partial charge in [-0.05, 0) is 35.9 Å². The highest BCUT2D eigenvalue weighted by molar-refractivity contribution is 6.31. The first-order valence-corrected chi connectivity index (χ1v) is 8.65. The van der Waals surface area contributed by atoms with E-state index in [1.165, 1.54) is 0 Å². The molecule has 26 heavy (non-hydrogen) atoms. The summed E-state index contributed by atoms with van der Waals surface area (Å²) in [4.78, 5) is 11.0. The second-order valence-corrected chi connectivity index (χ2v) is 6.40. The van der Waals surface area contributed by atoms with E-state index >= 15 is 0 Å². The monoisotopic (exact) mass is 371 g/mol. The van der Waals surface area contributed by atoms with Crippen molar-refractivity contribution in [3.63, 3.8) is 0 Å². The van der Waals surface area contributed by atoms with Crippen molar-refractivity contribution in [1.82, 2.24) is 9.97 Å². The summed E-state index contributed by atoms with van der Waals surface area (Å²) in [7, 11) is 1.69. The molecule has 7 heteroatoms. The number of rotatable bonds is 6. The predicted molar refractivity (Wildman–Crippen MR) is 100 cm³/mol. The molecule has 4 rings (SSSR count). The molecule has 0 radical (unpaired) electrons. The maximum Gasteiger partial charge on any atom is 0.231 e. The number of nitrogens with zero attached hydrogens (tertiary/aromatic N) is 3. The van der Waals surface area contributed by atoms with Gasteiger partial charge in [-0.3, -0.25) is 0 Å². The number of halogens is 1. The van der Waals surface area contributed by atoms with Crippen LogP contribution in [0.5, 0.6) is 11.5 Å². The van der Waals surface area contributed by atoms with Crippen molar-refractivity contribution < 1.29 is 14.2 Å². The molecule has 0 spiro atoms. The Hall–Kier alpha value is -2.57. The molecule has 0 atom stereocenters. The van der Waals surface area contributed by atoms with E-state index in [4.69, 9.17) is 25.8 Å². The van der Waals surface area contributed by atoms with E-state index in [0.717, 1.165) is 33.8 Å². The predicted octanol–water partition coefficient (Wildman–Crippen LogP) is 3.66. The zero-order chi connectivity index (χ0) is 17.9. The molecule has 0 amide bonds. The van der Waals surface area contributed by atoms with Crippen molar-refractivity contribution in [2.45, 2.75) is 6.54 Å². The summed E-state index contributed by atoms with van der Waals surface area (Å²) in [5.41, 5.74) is 1.92. The Labute approximate surface area is 156 Å². The Morgan fingerprint density at radius 2 is 2.00 bits per heavy atom. The van der Waals surface area contributed by atoms with E-state index in [0.29, 0.717) is 24.7 Å². The van der Waals surface area contributed by atoms with Gasteiger partial charge < -0.3 is 19.1 Å². The fraction of sp³-hybridized carbons (Fsp3) is 0.263. The SMILES string of the molecule is COCCN(Cc1ccc2c(c1)OCO2)c1ncnc2cc(Cl)ccc12. The Bertz CT molecular complexity index is 935. The van der Waals surface area contributed by atoms with Gasteiger partial charge in [-0.1, -0.05) is 17.7 Å². The molecular formula is C19H18ClN3O3. The molecule has 0 aliphatic carbocycles. The molecule has 0 saturated heterocycles. The van der Waals surface area contributed by atoms with E-state index in [1.54, 1.807) is 13.4 Å². The van der Waals surface area contributed by atoms with Crippen LogP contribution < -0.4 is 14.4 Å². The molecule has 0 bridgehead atoms. The van der Waals surface area contributed by atoms with Gasteiger partial charge >= 0.3 is 0 Å². The van der Waals surface area contributed by atoms with Gasteiger partial charge in [0, 0.05) is 30.6 Å². The third-order valence-electron chi connectivity index (χ3n) is 4.25. The Morgan fingerprint density at radius 3 is 2.88 bits per heavy atom. The summed E-state index contributed by atoms with van der Waals surface area (Å²) in [6.45, 7) is 2.21. The fourth-order valence-electron chi connectivity index (χ4n) is 2.99. The van der Waals surface area contributed by atoms with Gasteiger partial charge in [-0.2, -0.15) is 0 Å². The lowest BCUT2D eigenvalue weighted by Crippen LogP contribution is -2.27. The highest BCUT2D eigenvalue weighted by Gasteiger charge is 2.17. The number of fused-ring (bicyclic) bond motifs is 2. The van der Waals surface area contributed by atoms with E-state index in [-0.39, 0.29) is 6.79 Å². The summed E-state index contributed by atoms with van der Waals surface area (Å²) in [5, 5.41) is 1.61. The molecule has 0 N–H and O–H groups in total. The molecule has 1 aliphatic rings. The van der Waals surface area contributed by atoms with Crippen LogP contribution in [-0.4, -0.2) is 37.0 Å². The van der Waals surface area contributed by atoms with Crippen LogP contribution in [0.1, 0.15) is 5.56 Å². The number of ether oxygens (including phenoxy) is 3. The first-order valence-electron chi connectivity index (χ1n) is 8.27. The van der Waals surface area contributed by atoms with Crippen LogP contribution in [0.15, 0.2) is 42.7 Å². The van der Waals surface area contributed by atoms with E-state index in [2.05, 4.69) is 14.9 Å². The Kier molecular flexibility index (Phi) is 4.77. The lowest BCUT2D eigenvalue weighted by atomic mass is 10.1. The number of methoxy groups -OCH3 is 1. The molecule has 0 unspecified atom stereocenters. The third kappa shape index (κ3) is 3.38. The summed E-state index contributed by atoms with van der Waals surface area (Å²) in [5.74, 6) is 2.40. The van der Waals surface area contributed by atoms with Gasteiger partial charge in [0.05, 0.1) is 12.1 Å². The Morgan fingerprint density at radius 1 is 1.12 bits per heavy atom. The lowest BCUT2D eigenvalue weighted by molar-refractivity contribution is 0.174. The minimum atomic E-state index is 0.267. The average molecular weight is 372 g/mol. The topological polar surface area (TPSA) is 56.7 Å². The van der Waals surface area contributed by atoms with E-state index < -0.39 is 0 Å². The highest BCUT2D eigenvalue weighted by atomic mass is 35.5. The first-order chi connectivity index (χ1) is 12.7. The van der Waals surface area contributed by atoms with Gasteiger partial charge in [0.15, 0.2) is 11.5 Å². The molecule has 134 valence electrons. The molecule has 2 heterocycles. The molecular weight excluding hydrogens is 354 g/mol. The average Bonchev–Trinajstić information content (AvgIpc) is 3.12. The van der Waals surface area contributed by atoms with Gasteiger partial charge in [0.1, 0.15) is 12.1 Å². The lowest BCUT2D eigenvalue weighted by Gasteiger charge is -2.24. The number of hydrogen-bond donors (Lipinski definition) is 0. The van der Waals surface area contributed by atoms with Crippen molar-refractivity contribution in [2.75, 3.05) is 32.0 Å². The van der Waals surface area contributed by atoms with Crippen LogP contribution in [-0.2, 0) is 11.3 Å². The van der Waals surface area contributed by atoms with Crippen LogP contribution >= 0.6 is 11.6 Å². The summed E-state index contributed by atoms with van der Waals surface area (Å²) < 4.78 is 16.2. The molecule has 0 saturated carbocycles. The van der Waals surface area contributed by atoms with Crippen LogP contribution in [0, 0.1) is 0 Å². The van der Waals surface area contributed by atoms with Gasteiger partial charge in [-0.25, -0.2) is 9.97 Å². The smallest absolute Gasteiger partial charge is 0.231 e. The molecule has 1 aliphatic heterocycles. The van der Waals surface area contributed by atoms with Crippen LogP contribution in [0.3, 0.4) is 0 Å². The van der Waals surface area contributed by atoms with Crippen molar-refractivity contribution in [2.24, 2.45) is 0 Å². The van der Waals surface area contributed by atoms with Gasteiger partial charge in [0.2, 0.25) is 6.79 Å². The maximum atomic E-state index is 6.10. The summed E-state index contributed by atoms with van der Waals surface area (Å²) in [6.07, 6.45) is 1.56. The molecule has 2 aromatic carbocycles. The first kappa shape index (κ1) is 16.9. The number of aromatic nitrogens is 2. The van der Waals surface area contributed by atoms with Crippen molar-refractivity contribution >= 4 is 28.3 Å². The normalized spacial score (nSPS) is 12.5. The van der Waals surface area contributed by atoms with Crippen LogP contribution in [0.2, 0.25) is 5.02 Å². The zero-order valence-corrected chi connectivity index (χ0v) is 15.1. The summed E-state index contributed by atoms with van der Waals surface area (Å²) in [6, 6.07) is 11.6. The zero-order valence-electron chi connectivity index (χ0n) is 14.3. The van der Waals surface area contributed by atoms with Crippen molar-refractivity contribution in [3.8, 4) is 11.5 Å². The molecule has 1 aromatic heterocycles. The number of hydrogen-bond acceptors (Lipinski definition) is 6. The largest absolute Gasteiger partial charge is 0.454 e. The third-order valence-corrected chi connectivity index (χ3v) is 4.49. The molecule has 6 nitrogen and oxygen atoms in total. The van der Waals surface area contributed by atoms with Crippen molar-refractivity contribution in [3.05, 3.63) is 53.3 Å². The Balaban J connectivity index is 1.69. The number of benzene rings is 2. The van der Waals surface area contributed by atoms with Crippen LogP contribution in [0.4, 0.5) is 5.82 Å². The second-order valence-electron chi connectivity index (χ2n) is 5.96. The maximum absolute atomic E-state index is 6.10. The molecule has 3 aromatic rings. The van der Waals surface area contributed by atoms with Gasteiger partial charge in [0.25, 0.3) is 0 Å².